The number of benzene rings is 2. The molecule has 0 saturated carbocycles. The number of ether oxygens (including phenoxy) is 1. The van der Waals surface area contributed by atoms with Crippen molar-refractivity contribution in [2.24, 2.45) is 0 Å². The second kappa shape index (κ2) is 9.12. The summed E-state index contributed by atoms with van der Waals surface area (Å²) in [4.78, 5) is 27.6. The summed E-state index contributed by atoms with van der Waals surface area (Å²) in [6.07, 6.45) is 2.53. The molecule has 2 aromatic rings. The second-order valence-corrected chi connectivity index (χ2v) is 7.85. The van der Waals surface area contributed by atoms with Crippen molar-refractivity contribution in [1.82, 2.24) is 4.90 Å². The molecule has 5 nitrogen and oxygen atoms in total. The van der Waals surface area contributed by atoms with Crippen LogP contribution in [0.4, 0.5) is 5.69 Å². The number of anilines is 1. The lowest BCUT2D eigenvalue weighted by molar-refractivity contribution is -0.122. The van der Waals surface area contributed by atoms with Crippen molar-refractivity contribution in [2.45, 2.75) is 53.1 Å². The van der Waals surface area contributed by atoms with Gasteiger partial charge in [-0.15, -0.1) is 0 Å². The molecule has 29 heavy (non-hydrogen) atoms. The molecule has 1 heterocycles. The van der Waals surface area contributed by atoms with Gasteiger partial charge >= 0.3 is 0 Å². The molecule has 154 valence electrons. The van der Waals surface area contributed by atoms with Crippen molar-refractivity contribution in [1.29, 1.82) is 0 Å². The third-order valence-corrected chi connectivity index (χ3v) is 5.50. The first-order valence-electron chi connectivity index (χ1n) is 10.3. The second-order valence-electron chi connectivity index (χ2n) is 7.85. The molecule has 1 N–H and O–H groups in total. The van der Waals surface area contributed by atoms with Crippen LogP contribution in [-0.2, 0) is 4.79 Å². The van der Waals surface area contributed by atoms with Crippen molar-refractivity contribution >= 4 is 17.5 Å². The molecule has 0 radical (unpaired) electrons. The molecule has 5 heteroatoms. The van der Waals surface area contributed by atoms with Gasteiger partial charge in [0, 0.05) is 13.1 Å². The van der Waals surface area contributed by atoms with E-state index in [4.69, 9.17) is 4.74 Å². The third kappa shape index (κ3) is 4.97. The zero-order valence-corrected chi connectivity index (χ0v) is 17.7. The maximum absolute atomic E-state index is 12.9. The summed E-state index contributed by atoms with van der Waals surface area (Å²) in [6, 6.07) is 11.2. The van der Waals surface area contributed by atoms with E-state index < -0.39 is 6.10 Å². The fourth-order valence-corrected chi connectivity index (χ4v) is 3.65. The molecule has 1 atom stereocenters. The number of amides is 2. The fraction of sp³-hybridized carbons (Fsp3) is 0.417. The van der Waals surface area contributed by atoms with E-state index in [0.29, 0.717) is 17.0 Å². The topological polar surface area (TPSA) is 58.6 Å². The quantitative estimate of drug-likeness (QED) is 0.803. The highest BCUT2D eigenvalue weighted by molar-refractivity contribution is 6.04. The number of hydrogen-bond donors (Lipinski definition) is 1. The van der Waals surface area contributed by atoms with E-state index in [-0.39, 0.29) is 11.8 Å². The highest BCUT2D eigenvalue weighted by atomic mass is 16.5. The molecule has 2 aromatic carbocycles. The first-order valence-corrected chi connectivity index (χ1v) is 10.3. The van der Waals surface area contributed by atoms with Crippen LogP contribution in [0, 0.1) is 20.8 Å². The zero-order valence-electron chi connectivity index (χ0n) is 17.7. The van der Waals surface area contributed by atoms with Gasteiger partial charge in [-0.3, -0.25) is 9.59 Å². The van der Waals surface area contributed by atoms with E-state index in [2.05, 4.69) is 11.4 Å². The zero-order chi connectivity index (χ0) is 21.0. The highest BCUT2D eigenvalue weighted by Crippen LogP contribution is 2.25. The maximum atomic E-state index is 12.9. The van der Waals surface area contributed by atoms with Gasteiger partial charge in [0.2, 0.25) is 0 Å². The number of nitrogens with one attached hydrogen (secondary N) is 1. The number of carbonyl (C=O) groups excluding carboxylic acids is 2. The van der Waals surface area contributed by atoms with Crippen molar-refractivity contribution in [3.05, 3.63) is 58.7 Å². The molecule has 1 aliphatic heterocycles. The van der Waals surface area contributed by atoms with Crippen LogP contribution in [0.15, 0.2) is 36.4 Å². The van der Waals surface area contributed by atoms with Gasteiger partial charge in [-0.2, -0.15) is 0 Å². The summed E-state index contributed by atoms with van der Waals surface area (Å²) >= 11 is 0. The lowest BCUT2D eigenvalue weighted by Crippen LogP contribution is -2.36. The smallest absolute Gasteiger partial charge is 0.265 e. The van der Waals surface area contributed by atoms with Gasteiger partial charge in [0.1, 0.15) is 5.75 Å². The average Bonchev–Trinajstić information content (AvgIpc) is 2.72. The molecule has 1 aliphatic rings. The Hall–Kier alpha value is -2.82. The number of para-hydroxylation sites is 1. The fourth-order valence-electron chi connectivity index (χ4n) is 3.65. The van der Waals surface area contributed by atoms with Crippen LogP contribution in [-0.4, -0.2) is 35.9 Å². The molecule has 1 fully saturated rings. The molecular formula is C24H30N2O3. The van der Waals surface area contributed by atoms with Crippen LogP contribution in [0.1, 0.15) is 53.2 Å². The Labute approximate surface area is 173 Å². The van der Waals surface area contributed by atoms with Crippen molar-refractivity contribution in [3.8, 4) is 5.75 Å². The lowest BCUT2D eigenvalue weighted by Gasteiger charge is -2.27. The SMILES string of the molecule is Cc1cc(C)c(C)c(O[C@@H](C)C(=O)Nc2ccccc2C(=O)N2CCCCC2)c1. The van der Waals surface area contributed by atoms with Crippen LogP contribution in [0.2, 0.25) is 0 Å². The Bertz CT molecular complexity index is 901. The van der Waals surface area contributed by atoms with E-state index in [0.717, 1.165) is 49.0 Å². The molecule has 3 rings (SSSR count). The van der Waals surface area contributed by atoms with Crippen LogP contribution in [0.3, 0.4) is 0 Å². The summed E-state index contributed by atoms with van der Waals surface area (Å²) in [6.45, 7) is 9.29. The summed E-state index contributed by atoms with van der Waals surface area (Å²) in [7, 11) is 0. The predicted molar refractivity (Wildman–Crippen MR) is 116 cm³/mol. The molecule has 2 amide bonds. The Balaban J connectivity index is 1.73. The van der Waals surface area contributed by atoms with Gasteiger partial charge < -0.3 is 15.0 Å². The Morgan fingerprint density at radius 2 is 1.72 bits per heavy atom. The van der Waals surface area contributed by atoms with E-state index >= 15 is 0 Å². The Morgan fingerprint density at radius 3 is 2.45 bits per heavy atom. The number of rotatable bonds is 5. The monoisotopic (exact) mass is 394 g/mol. The summed E-state index contributed by atoms with van der Waals surface area (Å²) in [5.74, 6) is 0.407. The summed E-state index contributed by atoms with van der Waals surface area (Å²) in [5.41, 5.74) is 4.30. The first kappa shape index (κ1) is 20.9. The van der Waals surface area contributed by atoms with Crippen molar-refractivity contribution in [2.75, 3.05) is 18.4 Å². The number of likely N-dealkylation sites (tertiary alicyclic amines) is 1. The van der Waals surface area contributed by atoms with Gasteiger partial charge in [0.25, 0.3) is 11.8 Å². The van der Waals surface area contributed by atoms with E-state index in [1.807, 2.05) is 43.9 Å². The van der Waals surface area contributed by atoms with Crippen molar-refractivity contribution in [3.63, 3.8) is 0 Å². The highest BCUT2D eigenvalue weighted by Gasteiger charge is 2.23. The van der Waals surface area contributed by atoms with Crippen LogP contribution in [0.25, 0.3) is 0 Å². The Morgan fingerprint density at radius 1 is 1.03 bits per heavy atom. The minimum atomic E-state index is -0.687. The largest absolute Gasteiger partial charge is 0.481 e. The number of carbonyl (C=O) groups is 2. The number of aryl methyl sites for hydroxylation is 2. The van der Waals surface area contributed by atoms with E-state index in [9.17, 15) is 9.59 Å². The standard InChI is InChI=1S/C24H30N2O3/c1-16-14-17(2)18(3)22(15-16)29-19(4)23(27)25-21-11-7-6-10-20(21)24(28)26-12-8-5-9-13-26/h6-7,10-11,14-15,19H,5,8-9,12-13H2,1-4H3,(H,25,27)/t19-/m0/s1. The molecule has 0 aromatic heterocycles. The third-order valence-electron chi connectivity index (χ3n) is 5.50. The van der Waals surface area contributed by atoms with E-state index in [1.54, 1.807) is 19.1 Å². The molecular weight excluding hydrogens is 364 g/mol. The number of nitrogens with zero attached hydrogens (tertiary/aromatic N) is 1. The van der Waals surface area contributed by atoms with Gasteiger partial charge in [-0.1, -0.05) is 18.2 Å². The number of hydrogen-bond acceptors (Lipinski definition) is 3. The maximum Gasteiger partial charge on any atom is 0.265 e. The Kier molecular flexibility index (Phi) is 6.57. The molecule has 0 aliphatic carbocycles. The van der Waals surface area contributed by atoms with Gasteiger partial charge in [-0.25, -0.2) is 0 Å². The molecule has 0 spiro atoms. The van der Waals surface area contributed by atoms with Crippen LogP contribution in [0.5, 0.6) is 5.75 Å². The minimum absolute atomic E-state index is 0.0284. The first-order chi connectivity index (χ1) is 13.9. The van der Waals surface area contributed by atoms with E-state index in [1.165, 1.54) is 0 Å². The average molecular weight is 395 g/mol. The van der Waals surface area contributed by atoms with Crippen LogP contribution < -0.4 is 10.1 Å². The number of piperidine rings is 1. The summed E-state index contributed by atoms with van der Waals surface area (Å²) < 4.78 is 5.95. The van der Waals surface area contributed by atoms with Gasteiger partial charge in [-0.05, 0) is 81.8 Å². The van der Waals surface area contributed by atoms with Gasteiger partial charge in [0.05, 0.1) is 11.3 Å². The minimum Gasteiger partial charge on any atom is -0.481 e. The van der Waals surface area contributed by atoms with Crippen LogP contribution >= 0.6 is 0 Å². The predicted octanol–water partition coefficient (Wildman–Crippen LogP) is 4.64. The lowest BCUT2D eigenvalue weighted by atomic mass is 10.1. The molecule has 0 unspecified atom stereocenters. The normalized spacial score (nSPS) is 15.0. The summed E-state index contributed by atoms with van der Waals surface area (Å²) in [5, 5.41) is 2.89. The van der Waals surface area contributed by atoms with Gasteiger partial charge in [0.15, 0.2) is 6.10 Å². The molecule has 0 bridgehead atoms. The molecule has 1 saturated heterocycles. The van der Waals surface area contributed by atoms with Crippen molar-refractivity contribution < 1.29 is 14.3 Å².